The van der Waals surface area contributed by atoms with Crippen LogP contribution in [0.1, 0.15) is 11.1 Å². The van der Waals surface area contributed by atoms with Crippen LogP contribution in [0, 0.1) is 0 Å². The maximum atomic E-state index is 10.9. The predicted octanol–water partition coefficient (Wildman–Crippen LogP) is -0.625. The first-order valence-electron chi connectivity index (χ1n) is 4.87. The third kappa shape index (κ3) is 4.19. The number of amides is 1. The van der Waals surface area contributed by atoms with Gasteiger partial charge in [0.05, 0.1) is 6.21 Å². The van der Waals surface area contributed by atoms with Crippen LogP contribution in [-0.4, -0.2) is 28.6 Å². The Balaban J connectivity index is 2.67. The van der Waals surface area contributed by atoms with Crippen molar-refractivity contribution in [2.75, 3.05) is 0 Å². The number of rotatable bonds is 6. The highest BCUT2D eigenvalue weighted by atomic mass is 16.5. The maximum Gasteiger partial charge on any atom is 0.237 e. The molecule has 0 spiro atoms. The molecule has 0 fully saturated rings. The minimum absolute atomic E-state index is 0.293. The third-order valence-corrected chi connectivity index (χ3v) is 2.19. The zero-order valence-electron chi connectivity index (χ0n) is 9.00. The number of hydroxylamine groups is 1. The highest BCUT2D eigenvalue weighted by molar-refractivity contribution is 5.80. The fourth-order valence-electron chi connectivity index (χ4n) is 1.29. The molecular formula is C10H14N4O3. The summed E-state index contributed by atoms with van der Waals surface area (Å²) in [7, 11) is 0. The van der Waals surface area contributed by atoms with Gasteiger partial charge in [-0.1, -0.05) is 24.3 Å². The topological polar surface area (TPSA) is 120 Å². The number of benzene rings is 1. The van der Waals surface area contributed by atoms with Crippen molar-refractivity contribution in [2.45, 2.75) is 12.5 Å². The molecule has 0 saturated heterocycles. The molecule has 1 atom stereocenters. The molecule has 0 aromatic heterocycles. The fourth-order valence-corrected chi connectivity index (χ4v) is 1.29. The van der Waals surface area contributed by atoms with Crippen LogP contribution in [0.5, 0.6) is 0 Å². The van der Waals surface area contributed by atoms with Crippen LogP contribution in [0.15, 0.2) is 29.4 Å². The first kappa shape index (κ1) is 13.1. The van der Waals surface area contributed by atoms with Gasteiger partial charge in [-0.3, -0.25) is 10.0 Å². The van der Waals surface area contributed by atoms with E-state index in [2.05, 4.69) is 5.10 Å². The quantitative estimate of drug-likeness (QED) is 0.334. The highest BCUT2D eigenvalue weighted by Gasteiger charge is 2.13. The number of carbonyl (C=O) groups excluding carboxylic acids is 1. The van der Waals surface area contributed by atoms with Crippen molar-refractivity contribution in [3.8, 4) is 0 Å². The van der Waals surface area contributed by atoms with E-state index in [9.17, 15) is 4.79 Å². The first-order valence-corrected chi connectivity index (χ1v) is 4.87. The maximum absolute atomic E-state index is 10.9. The number of nitrogens with zero attached hydrogens (tertiary/aromatic N) is 1. The molecule has 7 nitrogen and oxygen atoms in total. The summed E-state index contributed by atoms with van der Waals surface area (Å²) in [4.78, 5) is 10.9. The second-order valence-corrected chi connectivity index (χ2v) is 3.39. The normalized spacial score (nSPS) is 12.6. The summed E-state index contributed by atoms with van der Waals surface area (Å²) in [5, 5.41) is 20.4. The van der Waals surface area contributed by atoms with Gasteiger partial charge in [0.15, 0.2) is 0 Å². The molecule has 1 aromatic rings. The van der Waals surface area contributed by atoms with Crippen molar-refractivity contribution in [3.63, 3.8) is 0 Å². The average molecular weight is 238 g/mol. The van der Waals surface area contributed by atoms with Crippen LogP contribution in [0.2, 0.25) is 0 Å². The molecule has 1 rings (SSSR count). The largest absolute Gasteiger partial charge is 0.368 e. The molecule has 7 heteroatoms. The molecule has 0 aliphatic heterocycles. The lowest BCUT2D eigenvalue weighted by molar-refractivity contribution is -0.122. The van der Waals surface area contributed by atoms with E-state index in [1.54, 1.807) is 29.9 Å². The van der Waals surface area contributed by atoms with E-state index in [1.165, 1.54) is 6.21 Å². The molecule has 0 bridgehead atoms. The molecule has 17 heavy (non-hydrogen) atoms. The molecule has 6 N–H and O–H groups in total. The van der Waals surface area contributed by atoms with Crippen LogP contribution >= 0.6 is 0 Å². The van der Waals surface area contributed by atoms with Crippen molar-refractivity contribution in [2.24, 2.45) is 10.8 Å². The minimum Gasteiger partial charge on any atom is -0.368 e. The van der Waals surface area contributed by atoms with Gasteiger partial charge in [0.25, 0.3) is 0 Å². The third-order valence-electron chi connectivity index (χ3n) is 2.19. The Bertz CT molecular complexity index is 391. The lowest BCUT2D eigenvalue weighted by Crippen LogP contribution is -2.41. The SMILES string of the molecule is NC(=O)[C@@H](Cc1ccc(C=NNO)cc1)NO. The van der Waals surface area contributed by atoms with Crippen molar-refractivity contribution in [3.05, 3.63) is 35.4 Å². The van der Waals surface area contributed by atoms with Gasteiger partial charge in [0.1, 0.15) is 6.04 Å². The van der Waals surface area contributed by atoms with Crippen LogP contribution in [-0.2, 0) is 11.2 Å². The summed E-state index contributed by atoms with van der Waals surface area (Å²) in [6, 6.07) is 6.24. The molecule has 0 saturated carbocycles. The van der Waals surface area contributed by atoms with Gasteiger partial charge in [-0.15, -0.1) is 0 Å². The van der Waals surface area contributed by atoms with E-state index in [0.717, 1.165) is 11.1 Å². The summed E-state index contributed by atoms with van der Waals surface area (Å²) in [5.74, 6) is -0.623. The van der Waals surface area contributed by atoms with Crippen LogP contribution in [0.4, 0.5) is 0 Å². The minimum atomic E-state index is -0.811. The summed E-state index contributed by atoms with van der Waals surface area (Å²) in [6.45, 7) is 0. The number of hydrazone groups is 1. The van der Waals surface area contributed by atoms with Crippen molar-refractivity contribution >= 4 is 12.1 Å². The predicted molar refractivity (Wildman–Crippen MR) is 60.6 cm³/mol. The number of hydrogen-bond acceptors (Lipinski definition) is 6. The van der Waals surface area contributed by atoms with Gasteiger partial charge in [-0.2, -0.15) is 16.2 Å². The lowest BCUT2D eigenvalue weighted by atomic mass is 10.0. The standard InChI is InChI=1S/C10H14N4O3/c11-10(15)9(13-16)5-7-1-3-8(4-2-7)6-12-14-17/h1-4,6,9,13-14,16-17H,5H2,(H2,11,15)/t9-/m1/s1. The summed E-state index contributed by atoms with van der Waals surface area (Å²) >= 11 is 0. The Morgan fingerprint density at radius 2 is 2.06 bits per heavy atom. The van der Waals surface area contributed by atoms with Crippen LogP contribution in [0.3, 0.4) is 0 Å². The molecule has 0 radical (unpaired) electrons. The molecule has 0 aliphatic rings. The zero-order chi connectivity index (χ0) is 12.7. The second-order valence-electron chi connectivity index (χ2n) is 3.39. The highest BCUT2D eigenvalue weighted by Crippen LogP contribution is 2.05. The molecule has 1 amide bonds. The van der Waals surface area contributed by atoms with Crippen LogP contribution < -0.4 is 16.8 Å². The number of hydrogen-bond donors (Lipinski definition) is 5. The number of carbonyl (C=O) groups is 1. The summed E-state index contributed by atoms with van der Waals surface area (Å²) < 4.78 is 0. The molecule has 92 valence electrons. The average Bonchev–Trinajstić information content (AvgIpc) is 2.34. The Kier molecular flexibility index (Phi) is 5.08. The molecule has 0 aliphatic carbocycles. The summed E-state index contributed by atoms with van der Waals surface area (Å²) in [6.07, 6.45) is 1.72. The smallest absolute Gasteiger partial charge is 0.237 e. The summed E-state index contributed by atoms with van der Waals surface area (Å²) in [5.41, 5.74) is 10.2. The van der Waals surface area contributed by atoms with Crippen molar-refractivity contribution < 1.29 is 15.2 Å². The monoisotopic (exact) mass is 238 g/mol. The number of nitrogens with two attached hydrogens (primary N) is 1. The van der Waals surface area contributed by atoms with E-state index >= 15 is 0 Å². The van der Waals surface area contributed by atoms with Gasteiger partial charge in [-0.25, -0.2) is 0 Å². The first-order chi connectivity index (χ1) is 8.17. The van der Waals surface area contributed by atoms with E-state index in [0.29, 0.717) is 6.42 Å². The van der Waals surface area contributed by atoms with E-state index < -0.39 is 11.9 Å². The van der Waals surface area contributed by atoms with Gasteiger partial charge >= 0.3 is 0 Å². The van der Waals surface area contributed by atoms with Crippen molar-refractivity contribution in [1.82, 2.24) is 11.1 Å². The van der Waals surface area contributed by atoms with Gasteiger partial charge in [-0.05, 0) is 17.5 Å². The molecule has 0 unspecified atom stereocenters. The van der Waals surface area contributed by atoms with Crippen LogP contribution in [0.25, 0.3) is 0 Å². The van der Waals surface area contributed by atoms with E-state index in [-0.39, 0.29) is 0 Å². The Morgan fingerprint density at radius 3 is 2.53 bits per heavy atom. The lowest BCUT2D eigenvalue weighted by Gasteiger charge is -2.10. The van der Waals surface area contributed by atoms with E-state index in [4.69, 9.17) is 16.1 Å². The second kappa shape index (κ2) is 6.59. The molecule has 1 aromatic carbocycles. The number of nitrogens with one attached hydrogen (secondary N) is 2. The van der Waals surface area contributed by atoms with E-state index in [1.807, 2.05) is 5.48 Å². The number of primary amides is 1. The van der Waals surface area contributed by atoms with Gasteiger partial charge in [0, 0.05) is 0 Å². The van der Waals surface area contributed by atoms with Crippen molar-refractivity contribution in [1.29, 1.82) is 0 Å². The Morgan fingerprint density at radius 1 is 1.41 bits per heavy atom. The fraction of sp³-hybridized carbons (Fsp3) is 0.200. The van der Waals surface area contributed by atoms with Gasteiger partial charge < -0.3 is 10.9 Å². The zero-order valence-corrected chi connectivity index (χ0v) is 9.00. The molecule has 0 heterocycles. The van der Waals surface area contributed by atoms with Gasteiger partial charge in [0.2, 0.25) is 5.91 Å². The Labute approximate surface area is 97.9 Å². The Hall–Kier alpha value is -1.96. The molecular weight excluding hydrogens is 224 g/mol.